The maximum absolute atomic E-state index is 12.0. The molecule has 2 rings (SSSR count). The van der Waals surface area contributed by atoms with Crippen molar-refractivity contribution in [3.8, 4) is 0 Å². The highest BCUT2D eigenvalue weighted by Gasteiger charge is 2.13. The van der Waals surface area contributed by atoms with E-state index in [2.05, 4.69) is 15.5 Å². The number of amides is 1. The molecule has 19 heavy (non-hydrogen) atoms. The van der Waals surface area contributed by atoms with Crippen molar-refractivity contribution in [3.05, 3.63) is 63.6 Å². The first-order valence-corrected chi connectivity index (χ1v) is 6.00. The van der Waals surface area contributed by atoms with Crippen molar-refractivity contribution in [2.24, 2.45) is 0 Å². The first kappa shape index (κ1) is 13.0. The van der Waals surface area contributed by atoms with E-state index in [1.54, 1.807) is 0 Å². The summed E-state index contributed by atoms with van der Waals surface area (Å²) in [5, 5.41) is 8.79. The van der Waals surface area contributed by atoms with Crippen LogP contribution in [-0.4, -0.2) is 16.1 Å². The summed E-state index contributed by atoms with van der Waals surface area (Å²) in [6.45, 7) is 3.90. The second-order valence-electron chi connectivity index (χ2n) is 4.36. The van der Waals surface area contributed by atoms with E-state index < -0.39 is 0 Å². The molecule has 2 N–H and O–H groups in total. The summed E-state index contributed by atoms with van der Waals surface area (Å²) in [6.07, 6.45) is 0. The van der Waals surface area contributed by atoms with E-state index in [0.29, 0.717) is 0 Å². The fourth-order valence-corrected chi connectivity index (χ4v) is 1.89. The van der Waals surface area contributed by atoms with Crippen LogP contribution in [0.5, 0.6) is 0 Å². The maximum atomic E-state index is 12.0. The largest absolute Gasteiger partial charge is 0.344 e. The van der Waals surface area contributed by atoms with Gasteiger partial charge in [-0.3, -0.25) is 9.59 Å². The molecular formula is C14H15N3O2. The lowest BCUT2D eigenvalue weighted by Crippen LogP contribution is -2.28. The zero-order chi connectivity index (χ0) is 13.8. The third-order valence-electron chi connectivity index (χ3n) is 2.91. The van der Waals surface area contributed by atoms with Gasteiger partial charge in [-0.25, -0.2) is 5.10 Å². The zero-order valence-corrected chi connectivity index (χ0v) is 10.8. The van der Waals surface area contributed by atoms with Crippen molar-refractivity contribution in [1.29, 1.82) is 0 Å². The summed E-state index contributed by atoms with van der Waals surface area (Å²) in [4.78, 5) is 22.8. The SMILES string of the molecule is Cc1ccccc1C(C)NC(=O)c1ccc(=O)[nH]n1. The van der Waals surface area contributed by atoms with Gasteiger partial charge in [-0.2, -0.15) is 5.10 Å². The molecule has 0 aliphatic rings. The first-order chi connectivity index (χ1) is 9.08. The molecule has 0 saturated heterocycles. The molecular weight excluding hydrogens is 242 g/mol. The summed E-state index contributed by atoms with van der Waals surface area (Å²) >= 11 is 0. The highest BCUT2D eigenvalue weighted by atomic mass is 16.2. The van der Waals surface area contributed by atoms with Gasteiger partial charge in [0.2, 0.25) is 0 Å². The molecule has 1 heterocycles. The van der Waals surface area contributed by atoms with E-state index in [4.69, 9.17) is 0 Å². The lowest BCUT2D eigenvalue weighted by atomic mass is 10.0. The van der Waals surface area contributed by atoms with Crippen molar-refractivity contribution in [2.75, 3.05) is 0 Å². The highest BCUT2D eigenvalue weighted by molar-refractivity contribution is 5.92. The van der Waals surface area contributed by atoms with Crippen molar-refractivity contribution in [2.45, 2.75) is 19.9 Å². The lowest BCUT2D eigenvalue weighted by Gasteiger charge is -2.16. The van der Waals surface area contributed by atoms with Crippen molar-refractivity contribution < 1.29 is 4.79 Å². The van der Waals surface area contributed by atoms with Crippen molar-refractivity contribution >= 4 is 5.91 Å². The first-order valence-electron chi connectivity index (χ1n) is 6.00. The van der Waals surface area contributed by atoms with Gasteiger partial charge in [-0.1, -0.05) is 24.3 Å². The number of hydrogen-bond donors (Lipinski definition) is 2. The topological polar surface area (TPSA) is 74.8 Å². The van der Waals surface area contributed by atoms with Gasteiger partial charge in [0, 0.05) is 6.07 Å². The van der Waals surface area contributed by atoms with Gasteiger partial charge in [-0.15, -0.1) is 0 Å². The zero-order valence-electron chi connectivity index (χ0n) is 10.8. The minimum Gasteiger partial charge on any atom is -0.344 e. The summed E-state index contributed by atoms with van der Waals surface area (Å²) in [5.74, 6) is -0.313. The van der Waals surface area contributed by atoms with Gasteiger partial charge < -0.3 is 5.32 Å². The Morgan fingerprint density at radius 2 is 2.00 bits per heavy atom. The van der Waals surface area contributed by atoms with Crippen LogP contribution in [0.2, 0.25) is 0 Å². The van der Waals surface area contributed by atoms with E-state index >= 15 is 0 Å². The standard InChI is InChI=1S/C14H15N3O2/c1-9-5-3-4-6-11(9)10(2)15-14(19)12-7-8-13(18)17-16-12/h3-8,10H,1-2H3,(H,15,19)(H,17,18). The number of carbonyl (C=O) groups is 1. The van der Waals surface area contributed by atoms with E-state index in [9.17, 15) is 9.59 Å². The Morgan fingerprint density at radius 1 is 1.26 bits per heavy atom. The number of benzene rings is 1. The van der Waals surface area contributed by atoms with E-state index in [0.717, 1.165) is 11.1 Å². The molecule has 1 amide bonds. The highest BCUT2D eigenvalue weighted by Crippen LogP contribution is 2.16. The van der Waals surface area contributed by atoms with Crippen molar-refractivity contribution in [1.82, 2.24) is 15.5 Å². The minimum atomic E-state index is -0.330. The van der Waals surface area contributed by atoms with Crippen LogP contribution in [0.1, 0.15) is 34.6 Å². The molecule has 0 saturated carbocycles. The monoisotopic (exact) mass is 257 g/mol. The van der Waals surface area contributed by atoms with Gasteiger partial charge in [0.15, 0.2) is 0 Å². The average molecular weight is 257 g/mol. The van der Waals surface area contributed by atoms with E-state index in [1.807, 2.05) is 38.1 Å². The summed E-state index contributed by atoms with van der Waals surface area (Å²) in [5.41, 5.74) is 2.04. The van der Waals surface area contributed by atoms with Crippen LogP contribution < -0.4 is 10.9 Å². The van der Waals surface area contributed by atoms with Crippen LogP contribution >= 0.6 is 0 Å². The number of H-pyrrole nitrogens is 1. The summed E-state index contributed by atoms with van der Waals surface area (Å²) in [6, 6.07) is 10.4. The predicted octanol–water partition coefficient (Wildman–Crippen LogP) is 1.57. The number of nitrogens with zero attached hydrogens (tertiary/aromatic N) is 1. The Bertz CT molecular complexity index is 629. The third kappa shape index (κ3) is 3.07. The quantitative estimate of drug-likeness (QED) is 0.876. The van der Waals surface area contributed by atoms with E-state index in [1.165, 1.54) is 12.1 Å². The number of aryl methyl sites for hydroxylation is 1. The number of aromatic nitrogens is 2. The van der Waals surface area contributed by atoms with Crippen LogP contribution in [0.3, 0.4) is 0 Å². The molecule has 2 aromatic rings. The molecule has 0 spiro atoms. The number of hydrogen-bond acceptors (Lipinski definition) is 3. The molecule has 1 aromatic heterocycles. The number of carbonyl (C=O) groups excluding carboxylic acids is 1. The average Bonchev–Trinajstić information content (AvgIpc) is 2.39. The molecule has 0 radical (unpaired) electrons. The molecule has 5 heteroatoms. The Labute approximate surface area is 110 Å². The number of rotatable bonds is 3. The fourth-order valence-electron chi connectivity index (χ4n) is 1.89. The molecule has 1 aromatic carbocycles. The van der Waals surface area contributed by atoms with Crippen LogP contribution in [0, 0.1) is 6.92 Å². The normalized spacial score (nSPS) is 11.9. The fraction of sp³-hybridized carbons (Fsp3) is 0.214. The van der Waals surface area contributed by atoms with Gasteiger partial charge in [0.05, 0.1) is 6.04 Å². The number of nitrogens with one attached hydrogen (secondary N) is 2. The molecule has 98 valence electrons. The predicted molar refractivity (Wildman–Crippen MR) is 71.9 cm³/mol. The molecule has 1 atom stereocenters. The molecule has 0 aliphatic carbocycles. The Kier molecular flexibility index (Phi) is 3.75. The molecule has 0 bridgehead atoms. The second-order valence-corrected chi connectivity index (χ2v) is 4.36. The Balaban J connectivity index is 2.13. The minimum absolute atomic E-state index is 0.123. The van der Waals surface area contributed by atoms with Crippen LogP contribution in [-0.2, 0) is 0 Å². The second kappa shape index (κ2) is 5.48. The van der Waals surface area contributed by atoms with Crippen LogP contribution in [0.15, 0.2) is 41.2 Å². The van der Waals surface area contributed by atoms with E-state index in [-0.39, 0.29) is 23.2 Å². The smallest absolute Gasteiger partial charge is 0.272 e. The third-order valence-corrected chi connectivity index (χ3v) is 2.91. The lowest BCUT2D eigenvalue weighted by molar-refractivity contribution is 0.0933. The van der Waals surface area contributed by atoms with Crippen LogP contribution in [0.4, 0.5) is 0 Å². The maximum Gasteiger partial charge on any atom is 0.272 e. The summed E-state index contributed by atoms with van der Waals surface area (Å²) in [7, 11) is 0. The van der Waals surface area contributed by atoms with Crippen molar-refractivity contribution in [3.63, 3.8) is 0 Å². The van der Waals surface area contributed by atoms with Gasteiger partial charge in [0.25, 0.3) is 11.5 Å². The Morgan fingerprint density at radius 3 is 2.63 bits per heavy atom. The number of aromatic amines is 1. The van der Waals surface area contributed by atoms with Crippen LogP contribution in [0.25, 0.3) is 0 Å². The van der Waals surface area contributed by atoms with Gasteiger partial charge in [0.1, 0.15) is 5.69 Å². The summed E-state index contributed by atoms with van der Waals surface area (Å²) < 4.78 is 0. The van der Waals surface area contributed by atoms with Gasteiger partial charge >= 0.3 is 0 Å². The van der Waals surface area contributed by atoms with Gasteiger partial charge in [-0.05, 0) is 31.0 Å². The molecule has 5 nitrogen and oxygen atoms in total. The molecule has 0 aliphatic heterocycles. The molecule has 1 unspecified atom stereocenters. The Hall–Kier alpha value is -2.43. The molecule has 0 fully saturated rings.